The average molecular weight is 644 g/mol. The largest absolute Gasteiger partial charge is 0.482 e. The van der Waals surface area contributed by atoms with Crippen LogP contribution in [0, 0.1) is 19.8 Å². The summed E-state index contributed by atoms with van der Waals surface area (Å²) in [6.07, 6.45) is 6.28. The second-order valence-electron chi connectivity index (χ2n) is 12.6. The average Bonchev–Trinajstić information content (AvgIpc) is 3.23. The highest BCUT2D eigenvalue weighted by atomic mass is 35.5. The number of nitrogens with zero attached hydrogens (tertiary/aromatic N) is 3. The molecule has 2 atom stereocenters. The minimum absolute atomic E-state index is 0.0566. The number of benzene rings is 2. The Balaban J connectivity index is 1.14. The molecule has 2 aromatic rings. The Morgan fingerprint density at radius 2 is 1.66 bits per heavy atom. The maximum Gasteiger partial charge on any atom is 0.258 e. The van der Waals surface area contributed by atoms with Crippen molar-refractivity contribution in [3.8, 4) is 5.75 Å². The number of amides is 3. The van der Waals surface area contributed by atoms with Gasteiger partial charge in [0.2, 0.25) is 11.8 Å². The fourth-order valence-corrected chi connectivity index (χ4v) is 7.55. The first-order chi connectivity index (χ1) is 21.1. The molecule has 0 saturated carbocycles. The van der Waals surface area contributed by atoms with Gasteiger partial charge in [0.1, 0.15) is 5.75 Å². The van der Waals surface area contributed by atoms with Crippen LogP contribution in [0.4, 0.5) is 5.69 Å². The number of anilines is 1. The molecule has 3 aliphatic heterocycles. The molecule has 3 aliphatic rings. The van der Waals surface area contributed by atoms with Crippen molar-refractivity contribution in [1.29, 1.82) is 0 Å². The molecular formula is C34H44Cl2N4O4. The Labute approximate surface area is 271 Å². The highest BCUT2D eigenvalue weighted by molar-refractivity contribution is 6.32. The maximum atomic E-state index is 13.8. The van der Waals surface area contributed by atoms with Crippen LogP contribution >= 0.6 is 23.2 Å². The van der Waals surface area contributed by atoms with E-state index in [1.165, 1.54) is 0 Å². The van der Waals surface area contributed by atoms with Crippen LogP contribution in [-0.4, -0.2) is 78.4 Å². The molecule has 0 radical (unpaired) electrons. The van der Waals surface area contributed by atoms with E-state index in [2.05, 4.69) is 10.2 Å². The van der Waals surface area contributed by atoms with Gasteiger partial charge in [0.05, 0.1) is 5.02 Å². The van der Waals surface area contributed by atoms with Gasteiger partial charge in [-0.3, -0.25) is 19.3 Å². The van der Waals surface area contributed by atoms with Crippen molar-refractivity contribution in [3.63, 3.8) is 0 Å². The number of carbonyl (C=O) groups is 3. The lowest BCUT2D eigenvalue weighted by molar-refractivity contribution is -0.133. The zero-order valence-electron chi connectivity index (χ0n) is 26.0. The zero-order chi connectivity index (χ0) is 31.4. The number of aryl methyl sites for hydroxylation is 2. The molecule has 2 aromatic carbocycles. The maximum absolute atomic E-state index is 13.8. The number of carbonyl (C=O) groups excluding carboxylic acids is 3. The van der Waals surface area contributed by atoms with Gasteiger partial charge in [-0.1, -0.05) is 35.3 Å². The summed E-state index contributed by atoms with van der Waals surface area (Å²) in [4.78, 5) is 44.6. The SMILES string of the molecule is CC(=O)N1CCC(C(=O)N(CCCN2C3CCC2CC(NC(=O)COc2ccc(C)cc2Cl)C3)c2ccc(C)c(Cl)c2)CC1. The van der Waals surface area contributed by atoms with E-state index >= 15 is 0 Å². The molecule has 3 fully saturated rings. The van der Waals surface area contributed by atoms with E-state index in [1.54, 1.807) is 13.0 Å². The number of hydrogen-bond donors (Lipinski definition) is 1. The first-order valence-corrected chi connectivity index (χ1v) is 16.6. The predicted octanol–water partition coefficient (Wildman–Crippen LogP) is 5.78. The fourth-order valence-electron chi connectivity index (χ4n) is 7.08. The highest BCUT2D eigenvalue weighted by Crippen LogP contribution is 2.36. The molecule has 5 rings (SSSR count). The van der Waals surface area contributed by atoms with Crippen molar-refractivity contribution in [2.24, 2.45) is 5.92 Å². The van der Waals surface area contributed by atoms with Gasteiger partial charge < -0.3 is 19.9 Å². The Hall–Kier alpha value is -2.81. The van der Waals surface area contributed by atoms with E-state index in [-0.39, 0.29) is 36.3 Å². The Morgan fingerprint density at radius 1 is 0.955 bits per heavy atom. The summed E-state index contributed by atoms with van der Waals surface area (Å²) in [5.41, 5.74) is 2.85. The molecular weight excluding hydrogens is 599 g/mol. The summed E-state index contributed by atoms with van der Waals surface area (Å²) in [5, 5.41) is 4.35. The number of halogens is 2. The summed E-state index contributed by atoms with van der Waals surface area (Å²) < 4.78 is 5.68. The predicted molar refractivity (Wildman–Crippen MR) is 175 cm³/mol. The topological polar surface area (TPSA) is 82.2 Å². The van der Waals surface area contributed by atoms with Crippen LogP contribution in [0.15, 0.2) is 36.4 Å². The lowest BCUT2D eigenvalue weighted by Crippen LogP contribution is -2.51. The number of ether oxygens (including phenoxy) is 1. The fraction of sp³-hybridized carbons (Fsp3) is 0.559. The second kappa shape index (κ2) is 14.5. The van der Waals surface area contributed by atoms with Gasteiger partial charge in [0, 0.05) is 67.9 Å². The number of likely N-dealkylation sites (tertiary alicyclic amines) is 1. The lowest BCUT2D eigenvalue weighted by Gasteiger charge is -2.39. The van der Waals surface area contributed by atoms with E-state index in [1.807, 2.05) is 54.0 Å². The number of rotatable bonds is 10. The Morgan fingerprint density at radius 3 is 2.30 bits per heavy atom. The second-order valence-corrected chi connectivity index (χ2v) is 13.5. The molecule has 3 saturated heterocycles. The minimum Gasteiger partial charge on any atom is -0.482 e. The quantitative estimate of drug-likeness (QED) is 0.355. The van der Waals surface area contributed by atoms with Gasteiger partial charge in [0.25, 0.3) is 5.91 Å². The summed E-state index contributed by atoms with van der Waals surface area (Å²) in [5.74, 6) is 0.471. The van der Waals surface area contributed by atoms with E-state index in [4.69, 9.17) is 27.9 Å². The monoisotopic (exact) mass is 642 g/mol. The van der Waals surface area contributed by atoms with Gasteiger partial charge in [-0.05, 0) is 94.2 Å². The number of piperidine rings is 2. The van der Waals surface area contributed by atoms with Crippen molar-refractivity contribution in [2.75, 3.05) is 37.7 Å². The first-order valence-electron chi connectivity index (χ1n) is 15.9. The van der Waals surface area contributed by atoms with E-state index < -0.39 is 0 Å². The number of fused-ring (bicyclic) bond motifs is 2. The number of hydrogen-bond acceptors (Lipinski definition) is 5. The van der Waals surface area contributed by atoms with Crippen LogP contribution in [0.5, 0.6) is 5.75 Å². The number of nitrogens with one attached hydrogen (secondary N) is 1. The summed E-state index contributed by atoms with van der Waals surface area (Å²) >= 11 is 12.7. The summed E-state index contributed by atoms with van der Waals surface area (Å²) in [6, 6.07) is 12.3. The lowest BCUT2D eigenvalue weighted by atomic mass is 9.94. The van der Waals surface area contributed by atoms with Gasteiger partial charge in [0.15, 0.2) is 6.61 Å². The van der Waals surface area contributed by atoms with Gasteiger partial charge in [-0.15, -0.1) is 0 Å². The third kappa shape index (κ3) is 7.88. The third-order valence-corrected chi connectivity index (χ3v) is 10.2. The molecule has 3 amide bonds. The molecule has 1 N–H and O–H groups in total. The molecule has 3 heterocycles. The molecule has 0 spiro atoms. The summed E-state index contributed by atoms with van der Waals surface area (Å²) in [6.45, 7) is 8.20. The minimum atomic E-state index is -0.125. The van der Waals surface area contributed by atoms with E-state index in [9.17, 15) is 14.4 Å². The van der Waals surface area contributed by atoms with Crippen LogP contribution in [0.2, 0.25) is 10.0 Å². The molecule has 238 valence electrons. The molecule has 2 bridgehead atoms. The Kier molecular flexibility index (Phi) is 10.8. The van der Waals surface area contributed by atoms with Crippen LogP contribution in [-0.2, 0) is 14.4 Å². The van der Waals surface area contributed by atoms with Crippen molar-refractivity contribution in [2.45, 2.75) is 83.8 Å². The van der Waals surface area contributed by atoms with Crippen LogP contribution in [0.25, 0.3) is 0 Å². The molecule has 0 aromatic heterocycles. The summed E-state index contributed by atoms with van der Waals surface area (Å²) in [7, 11) is 0. The Bertz CT molecular complexity index is 1350. The first kappa shape index (κ1) is 32.6. The molecule has 0 aliphatic carbocycles. The molecule has 2 unspecified atom stereocenters. The van der Waals surface area contributed by atoms with E-state index in [0.717, 1.165) is 55.5 Å². The third-order valence-electron chi connectivity index (χ3n) is 9.52. The molecule has 8 nitrogen and oxygen atoms in total. The van der Waals surface area contributed by atoms with E-state index in [0.29, 0.717) is 60.4 Å². The highest BCUT2D eigenvalue weighted by Gasteiger charge is 2.41. The van der Waals surface area contributed by atoms with Crippen molar-refractivity contribution in [1.82, 2.24) is 15.1 Å². The van der Waals surface area contributed by atoms with Gasteiger partial charge in [-0.2, -0.15) is 0 Å². The van der Waals surface area contributed by atoms with Crippen molar-refractivity contribution >= 4 is 46.6 Å². The zero-order valence-corrected chi connectivity index (χ0v) is 27.5. The molecule has 10 heteroatoms. The normalized spacial score (nSPS) is 22.1. The van der Waals surface area contributed by atoms with Crippen molar-refractivity contribution < 1.29 is 19.1 Å². The van der Waals surface area contributed by atoms with Crippen LogP contribution < -0.4 is 15.0 Å². The van der Waals surface area contributed by atoms with Crippen LogP contribution in [0.3, 0.4) is 0 Å². The van der Waals surface area contributed by atoms with Crippen molar-refractivity contribution in [3.05, 3.63) is 57.6 Å². The van der Waals surface area contributed by atoms with Gasteiger partial charge in [-0.25, -0.2) is 0 Å². The molecule has 44 heavy (non-hydrogen) atoms. The smallest absolute Gasteiger partial charge is 0.258 e. The standard InChI is InChI=1S/C34H44Cl2N4O4/c1-22-5-10-32(31(36)17-22)44-21-33(42)37-26-18-27-8-9-28(19-26)39(27)13-4-14-40(29-7-6-23(2)30(35)20-29)34(43)25-11-15-38(16-12-25)24(3)41/h5-7,10,17,20,25-28H,4,8-9,11-16,18-19,21H2,1-3H3,(H,37,42). The van der Waals surface area contributed by atoms with Gasteiger partial charge >= 0.3 is 0 Å². The van der Waals surface area contributed by atoms with Crippen LogP contribution in [0.1, 0.15) is 63.0 Å².